The summed E-state index contributed by atoms with van der Waals surface area (Å²) in [7, 11) is 0. The van der Waals surface area contributed by atoms with E-state index in [1.165, 1.54) is 173 Å². The average Bonchev–Trinajstić information content (AvgIpc) is 3.19. The van der Waals surface area contributed by atoms with Crippen LogP contribution in [0.4, 0.5) is 0 Å². The second-order valence-electron chi connectivity index (χ2n) is 18.0. The Morgan fingerprint density at radius 3 is 1.00 bits per heavy atom. The normalized spacial score (nSPS) is 12.2. The summed E-state index contributed by atoms with van der Waals surface area (Å²) in [4.78, 5) is 38.9. The van der Waals surface area contributed by atoms with E-state index < -0.39 is 23.6 Å². The molecule has 0 saturated heterocycles. The lowest BCUT2D eigenvalue weighted by Gasteiger charge is -2.36. The molecule has 2 N–H and O–H groups in total. The number of carbonyl (C=O) groups excluding carboxylic acids is 2. The van der Waals surface area contributed by atoms with Crippen molar-refractivity contribution < 1.29 is 24.2 Å². The van der Waals surface area contributed by atoms with Crippen molar-refractivity contribution in [1.29, 1.82) is 0 Å². The fraction of sp³-hybridized carbons (Fsp3) is 0.941. The molecule has 0 saturated carbocycles. The third-order valence-corrected chi connectivity index (χ3v) is 12.3. The third-order valence-electron chi connectivity index (χ3n) is 12.3. The molecule has 1 amide bonds. The van der Waals surface area contributed by atoms with Gasteiger partial charge in [-0.1, -0.05) is 233 Å². The molecule has 0 heterocycles. The number of esters is 1. The van der Waals surface area contributed by atoms with E-state index >= 15 is 0 Å². The molecule has 0 aliphatic carbocycles. The molecule has 0 radical (unpaired) electrons. The second kappa shape index (κ2) is 42.5. The summed E-state index contributed by atoms with van der Waals surface area (Å²) in [6.45, 7) is 9.03. The lowest BCUT2D eigenvalue weighted by atomic mass is 9.84. The predicted octanol–water partition coefficient (Wildman–Crippen LogP) is 16.3. The quantitative estimate of drug-likeness (QED) is 0.0472. The number of unbranched alkanes of at least 4 members (excludes halogenated alkanes) is 32. The first kappa shape index (κ1) is 55.4. The molecule has 0 aliphatic rings. The van der Waals surface area contributed by atoms with Gasteiger partial charge in [-0.05, 0) is 51.4 Å². The van der Waals surface area contributed by atoms with Crippen molar-refractivity contribution in [2.75, 3.05) is 0 Å². The van der Waals surface area contributed by atoms with Gasteiger partial charge in [0, 0.05) is 12.8 Å². The van der Waals surface area contributed by atoms with E-state index in [2.05, 4.69) is 33.0 Å². The highest BCUT2D eigenvalue weighted by Crippen LogP contribution is 2.34. The molecule has 0 aromatic rings. The lowest BCUT2D eigenvalue weighted by Crippen LogP contribution is -2.46. The molecule has 1 atom stereocenters. The highest BCUT2D eigenvalue weighted by molar-refractivity contribution is 5.85. The van der Waals surface area contributed by atoms with E-state index in [1.807, 2.05) is 0 Å². The van der Waals surface area contributed by atoms with Gasteiger partial charge < -0.3 is 15.2 Å². The second-order valence-corrected chi connectivity index (χ2v) is 18.0. The standard InChI is InChI=1S/C51H99NO5/c1-5-9-13-17-21-23-24-25-26-27-28-29-31-33-37-41-48(53)52-47(42-43-49(54)55)50(56)57-51(44-38-34-19-15-11-7-3,45-39-35-20-16-12-8-4)46-40-36-32-30-22-18-14-10-6-2/h47H,5-46H2,1-4H3,(H,52,53)(H,54,55). The van der Waals surface area contributed by atoms with E-state index in [0.29, 0.717) is 6.42 Å². The summed E-state index contributed by atoms with van der Waals surface area (Å²) in [6, 6.07) is -0.915. The molecule has 0 bridgehead atoms. The van der Waals surface area contributed by atoms with Crippen LogP contribution in [0.2, 0.25) is 0 Å². The molecule has 57 heavy (non-hydrogen) atoms. The lowest BCUT2D eigenvalue weighted by molar-refractivity contribution is -0.167. The number of aliphatic carboxylic acids is 1. The van der Waals surface area contributed by atoms with Gasteiger partial charge in [0.2, 0.25) is 5.91 Å². The minimum atomic E-state index is -0.954. The topological polar surface area (TPSA) is 92.7 Å². The van der Waals surface area contributed by atoms with Crippen LogP contribution in [-0.4, -0.2) is 34.6 Å². The minimum absolute atomic E-state index is 0.0703. The Bertz CT molecular complexity index is 875. The van der Waals surface area contributed by atoms with Crippen LogP contribution in [0, 0.1) is 0 Å². The number of carbonyl (C=O) groups is 3. The number of hydrogen-bond acceptors (Lipinski definition) is 4. The molecule has 0 aromatic carbocycles. The van der Waals surface area contributed by atoms with E-state index in [9.17, 15) is 19.5 Å². The van der Waals surface area contributed by atoms with Gasteiger partial charge in [-0.2, -0.15) is 0 Å². The fourth-order valence-corrected chi connectivity index (χ4v) is 8.47. The van der Waals surface area contributed by atoms with Crippen LogP contribution in [0.1, 0.15) is 297 Å². The number of carboxylic acids is 1. The highest BCUT2D eigenvalue weighted by atomic mass is 16.6. The zero-order valence-electron chi connectivity index (χ0n) is 38.9. The van der Waals surface area contributed by atoms with E-state index in [4.69, 9.17) is 4.74 Å². The smallest absolute Gasteiger partial charge is 0.329 e. The van der Waals surface area contributed by atoms with Crippen molar-refractivity contribution in [1.82, 2.24) is 5.32 Å². The molecule has 0 rings (SSSR count). The predicted molar refractivity (Wildman–Crippen MR) is 245 cm³/mol. The van der Waals surface area contributed by atoms with E-state index in [0.717, 1.165) is 77.0 Å². The summed E-state index contributed by atoms with van der Waals surface area (Å²) in [6.07, 6.45) is 47.5. The van der Waals surface area contributed by atoms with Crippen LogP contribution in [0.25, 0.3) is 0 Å². The van der Waals surface area contributed by atoms with Crippen LogP contribution in [0.5, 0.6) is 0 Å². The zero-order valence-corrected chi connectivity index (χ0v) is 38.9. The number of nitrogens with one attached hydrogen (secondary N) is 1. The Kier molecular flexibility index (Phi) is 41.3. The number of amides is 1. The third kappa shape index (κ3) is 37.2. The molecule has 0 aromatic heterocycles. The van der Waals surface area contributed by atoms with Gasteiger partial charge in [-0.25, -0.2) is 4.79 Å². The monoisotopic (exact) mass is 806 g/mol. The summed E-state index contributed by atoms with van der Waals surface area (Å²) >= 11 is 0. The Hall–Kier alpha value is -1.59. The van der Waals surface area contributed by atoms with Crippen molar-refractivity contribution in [3.63, 3.8) is 0 Å². The Morgan fingerprint density at radius 1 is 0.421 bits per heavy atom. The van der Waals surface area contributed by atoms with Crippen molar-refractivity contribution in [2.45, 2.75) is 309 Å². The minimum Gasteiger partial charge on any atom is -0.481 e. The zero-order chi connectivity index (χ0) is 41.9. The number of hydrogen-bond donors (Lipinski definition) is 2. The van der Waals surface area contributed by atoms with Gasteiger partial charge in [0.25, 0.3) is 0 Å². The maximum atomic E-state index is 14.1. The summed E-state index contributed by atoms with van der Waals surface area (Å²) in [5, 5.41) is 12.5. The molecular weight excluding hydrogens is 707 g/mol. The van der Waals surface area contributed by atoms with Gasteiger partial charge in [-0.3, -0.25) is 9.59 Å². The summed E-state index contributed by atoms with van der Waals surface area (Å²) in [5.41, 5.74) is -0.547. The van der Waals surface area contributed by atoms with Crippen molar-refractivity contribution >= 4 is 17.8 Å². The van der Waals surface area contributed by atoms with Gasteiger partial charge in [0.05, 0.1) is 0 Å². The molecule has 1 unspecified atom stereocenters. The number of carboxylic acid groups (broad SMARTS) is 1. The Labute approximate surface area is 355 Å². The Balaban J connectivity index is 5.27. The molecule has 0 fully saturated rings. The SMILES string of the molecule is CCCCCCCCCCCCCCCCCC(=O)NC(CCC(=O)O)C(=O)OC(CCCCCCCC)(CCCCCCCC)CCCCCCCCCCC. The van der Waals surface area contributed by atoms with Crippen molar-refractivity contribution in [2.24, 2.45) is 0 Å². The first-order valence-electron chi connectivity index (χ1n) is 25.6. The molecular formula is C51H99NO5. The number of rotatable bonds is 46. The molecule has 0 aliphatic heterocycles. The van der Waals surface area contributed by atoms with E-state index in [1.54, 1.807) is 0 Å². The van der Waals surface area contributed by atoms with Gasteiger partial charge in [0.15, 0.2) is 0 Å². The van der Waals surface area contributed by atoms with Gasteiger partial charge in [0.1, 0.15) is 11.6 Å². The van der Waals surface area contributed by atoms with Gasteiger partial charge >= 0.3 is 11.9 Å². The van der Waals surface area contributed by atoms with E-state index in [-0.39, 0.29) is 18.7 Å². The van der Waals surface area contributed by atoms with Crippen LogP contribution in [0.15, 0.2) is 0 Å². The average molecular weight is 806 g/mol. The number of ether oxygens (including phenoxy) is 1. The molecule has 6 nitrogen and oxygen atoms in total. The Morgan fingerprint density at radius 2 is 0.702 bits per heavy atom. The largest absolute Gasteiger partial charge is 0.481 e. The highest BCUT2D eigenvalue weighted by Gasteiger charge is 2.36. The van der Waals surface area contributed by atoms with Crippen LogP contribution < -0.4 is 5.32 Å². The first-order valence-corrected chi connectivity index (χ1v) is 25.6. The van der Waals surface area contributed by atoms with Crippen molar-refractivity contribution in [3.05, 3.63) is 0 Å². The first-order chi connectivity index (χ1) is 27.8. The maximum absolute atomic E-state index is 14.1. The van der Waals surface area contributed by atoms with Crippen LogP contribution in [0.3, 0.4) is 0 Å². The fourth-order valence-electron chi connectivity index (χ4n) is 8.47. The molecule has 6 heteroatoms. The van der Waals surface area contributed by atoms with Crippen LogP contribution in [-0.2, 0) is 19.1 Å². The molecule has 0 spiro atoms. The van der Waals surface area contributed by atoms with Gasteiger partial charge in [-0.15, -0.1) is 0 Å². The summed E-state index contributed by atoms with van der Waals surface area (Å²) < 4.78 is 6.65. The molecule has 338 valence electrons. The van der Waals surface area contributed by atoms with Crippen LogP contribution >= 0.6 is 0 Å². The maximum Gasteiger partial charge on any atom is 0.329 e. The summed E-state index contributed by atoms with van der Waals surface area (Å²) in [5.74, 6) is -1.54. The van der Waals surface area contributed by atoms with Crippen molar-refractivity contribution in [3.8, 4) is 0 Å².